The summed E-state index contributed by atoms with van der Waals surface area (Å²) in [5.74, 6) is -0.299. The number of hydrogen-bond acceptors (Lipinski definition) is 2. The highest BCUT2D eigenvalue weighted by atomic mass is 16.5. The van der Waals surface area contributed by atoms with Gasteiger partial charge in [-0.1, -0.05) is 30.3 Å². The van der Waals surface area contributed by atoms with E-state index < -0.39 is 0 Å². The minimum absolute atomic E-state index is 0.299. The summed E-state index contributed by atoms with van der Waals surface area (Å²) in [5, 5.41) is 0. The van der Waals surface area contributed by atoms with Crippen molar-refractivity contribution in [2.24, 2.45) is 0 Å². The lowest BCUT2D eigenvalue weighted by atomic mass is 10.1. The summed E-state index contributed by atoms with van der Waals surface area (Å²) in [6.07, 6.45) is 2.66. The lowest BCUT2D eigenvalue weighted by molar-refractivity contribution is 0.0520. The minimum Gasteiger partial charge on any atom is -0.461 e. The highest BCUT2D eigenvalue weighted by Gasteiger charge is 2.09. The third-order valence-electron chi connectivity index (χ3n) is 2.49. The molecule has 0 fully saturated rings. The second-order valence-corrected chi connectivity index (χ2v) is 3.80. The number of esters is 1. The molecule has 0 unspecified atom stereocenters. The molecule has 2 aromatic rings. The SMILES string of the molecule is CCOC(=O)c1cc(Cc2ccccc2)c[nH]1. The van der Waals surface area contributed by atoms with Crippen molar-refractivity contribution in [3.8, 4) is 0 Å². The fraction of sp³-hybridized carbons (Fsp3) is 0.214. The number of aromatic amines is 1. The summed E-state index contributed by atoms with van der Waals surface area (Å²) in [5.41, 5.74) is 2.82. The Labute approximate surface area is 100 Å². The first-order valence-electron chi connectivity index (χ1n) is 5.68. The van der Waals surface area contributed by atoms with E-state index in [0.29, 0.717) is 12.3 Å². The lowest BCUT2D eigenvalue weighted by Gasteiger charge is -1.98. The molecule has 0 radical (unpaired) electrons. The van der Waals surface area contributed by atoms with Crippen LogP contribution in [0.25, 0.3) is 0 Å². The van der Waals surface area contributed by atoms with Crippen molar-refractivity contribution in [2.75, 3.05) is 6.61 Å². The molecule has 0 atom stereocenters. The van der Waals surface area contributed by atoms with Gasteiger partial charge in [0.2, 0.25) is 0 Å². The molecule has 3 heteroatoms. The molecule has 0 aliphatic carbocycles. The molecule has 0 amide bonds. The predicted molar refractivity (Wildman–Crippen MR) is 66.0 cm³/mol. The Morgan fingerprint density at radius 3 is 2.71 bits per heavy atom. The molecule has 0 aliphatic heterocycles. The smallest absolute Gasteiger partial charge is 0.354 e. The molecule has 0 saturated heterocycles. The van der Waals surface area contributed by atoms with E-state index in [-0.39, 0.29) is 5.97 Å². The Balaban J connectivity index is 2.06. The van der Waals surface area contributed by atoms with E-state index in [4.69, 9.17) is 4.74 Å². The van der Waals surface area contributed by atoms with E-state index in [9.17, 15) is 4.79 Å². The number of H-pyrrole nitrogens is 1. The van der Waals surface area contributed by atoms with Crippen LogP contribution in [0.15, 0.2) is 42.6 Å². The van der Waals surface area contributed by atoms with Crippen molar-refractivity contribution in [1.29, 1.82) is 0 Å². The van der Waals surface area contributed by atoms with E-state index in [1.807, 2.05) is 30.5 Å². The molecule has 1 aromatic carbocycles. The maximum Gasteiger partial charge on any atom is 0.354 e. The van der Waals surface area contributed by atoms with Gasteiger partial charge >= 0.3 is 5.97 Å². The van der Waals surface area contributed by atoms with Gasteiger partial charge in [0.25, 0.3) is 0 Å². The number of carbonyl (C=O) groups excluding carboxylic acids is 1. The molecule has 1 heterocycles. The van der Waals surface area contributed by atoms with E-state index in [0.717, 1.165) is 12.0 Å². The van der Waals surface area contributed by atoms with Crippen molar-refractivity contribution in [2.45, 2.75) is 13.3 Å². The van der Waals surface area contributed by atoms with Gasteiger partial charge in [-0.3, -0.25) is 0 Å². The molecule has 0 aliphatic rings. The largest absolute Gasteiger partial charge is 0.461 e. The van der Waals surface area contributed by atoms with E-state index in [1.165, 1.54) is 5.56 Å². The summed E-state index contributed by atoms with van der Waals surface area (Å²) >= 11 is 0. The Morgan fingerprint density at radius 1 is 1.24 bits per heavy atom. The second kappa shape index (κ2) is 5.34. The van der Waals surface area contributed by atoms with Gasteiger partial charge in [0.15, 0.2) is 0 Å². The van der Waals surface area contributed by atoms with Crippen LogP contribution in [0.2, 0.25) is 0 Å². The van der Waals surface area contributed by atoms with Crippen molar-refractivity contribution in [1.82, 2.24) is 4.98 Å². The zero-order valence-corrected chi connectivity index (χ0v) is 9.77. The van der Waals surface area contributed by atoms with Gasteiger partial charge in [-0.25, -0.2) is 4.79 Å². The highest BCUT2D eigenvalue weighted by molar-refractivity contribution is 5.87. The molecule has 88 valence electrons. The fourth-order valence-corrected chi connectivity index (χ4v) is 1.70. The number of nitrogens with one attached hydrogen (secondary N) is 1. The Bertz CT molecular complexity index is 488. The Morgan fingerprint density at radius 2 is 2.00 bits per heavy atom. The maximum absolute atomic E-state index is 11.5. The molecule has 1 aromatic heterocycles. The molecule has 0 spiro atoms. The molecule has 0 saturated carbocycles. The third kappa shape index (κ3) is 2.97. The number of rotatable bonds is 4. The van der Waals surface area contributed by atoms with Crippen molar-refractivity contribution in [3.05, 3.63) is 59.4 Å². The van der Waals surface area contributed by atoms with Crippen LogP contribution in [0.5, 0.6) is 0 Å². The molecule has 1 N–H and O–H groups in total. The summed E-state index contributed by atoms with van der Waals surface area (Å²) in [6, 6.07) is 12.0. The topological polar surface area (TPSA) is 42.1 Å². The Hall–Kier alpha value is -2.03. The monoisotopic (exact) mass is 229 g/mol. The van der Waals surface area contributed by atoms with Gasteiger partial charge in [-0.05, 0) is 30.5 Å². The molecule has 17 heavy (non-hydrogen) atoms. The predicted octanol–water partition coefficient (Wildman–Crippen LogP) is 2.78. The van der Waals surface area contributed by atoms with Crippen molar-refractivity contribution in [3.63, 3.8) is 0 Å². The van der Waals surface area contributed by atoms with Crippen LogP contribution in [0.1, 0.15) is 28.5 Å². The van der Waals surface area contributed by atoms with Crippen molar-refractivity contribution < 1.29 is 9.53 Å². The number of hydrogen-bond donors (Lipinski definition) is 1. The summed E-state index contributed by atoms with van der Waals surface area (Å²) in [6.45, 7) is 2.19. The van der Waals surface area contributed by atoms with E-state index in [2.05, 4.69) is 17.1 Å². The van der Waals surface area contributed by atoms with Crippen LogP contribution >= 0.6 is 0 Å². The number of ether oxygens (including phenoxy) is 1. The first kappa shape index (κ1) is 11.5. The summed E-state index contributed by atoms with van der Waals surface area (Å²) in [7, 11) is 0. The lowest BCUT2D eigenvalue weighted by Crippen LogP contribution is -2.04. The van der Waals surface area contributed by atoms with Crippen LogP contribution < -0.4 is 0 Å². The summed E-state index contributed by atoms with van der Waals surface area (Å²) < 4.78 is 4.92. The second-order valence-electron chi connectivity index (χ2n) is 3.80. The van der Waals surface area contributed by atoms with Crippen LogP contribution in [-0.4, -0.2) is 17.6 Å². The molecule has 2 rings (SSSR count). The average Bonchev–Trinajstić information content (AvgIpc) is 2.79. The van der Waals surface area contributed by atoms with E-state index in [1.54, 1.807) is 6.92 Å². The first-order valence-corrected chi connectivity index (χ1v) is 5.68. The van der Waals surface area contributed by atoms with Crippen LogP contribution in [0, 0.1) is 0 Å². The first-order chi connectivity index (χ1) is 8.29. The summed E-state index contributed by atoms with van der Waals surface area (Å²) in [4.78, 5) is 14.4. The number of carbonyl (C=O) groups is 1. The highest BCUT2D eigenvalue weighted by Crippen LogP contribution is 2.11. The molecule has 3 nitrogen and oxygen atoms in total. The van der Waals surface area contributed by atoms with Gasteiger partial charge in [-0.15, -0.1) is 0 Å². The van der Waals surface area contributed by atoms with E-state index >= 15 is 0 Å². The van der Waals surface area contributed by atoms with Crippen LogP contribution in [-0.2, 0) is 11.2 Å². The van der Waals surface area contributed by atoms with Crippen molar-refractivity contribution >= 4 is 5.97 Å². The minimum atomic E-state index is -0.299. The molecular weight excluding hydrogens is 214 g/mol. The van der Waals surface area contributed by atoms with Gasteiger partial charge < -0.3 is 9.72 Å². The zero-order chi connectivity index (χ0) is 12.1. The average molecular weight is 229 g/mol. The number of benzene rings is 1. The number of aromatic nitrogens is 1. The van der Waals surface area contributed by atoms with Gasteiger partial charge in [0.05, 0.1) is 6.61 Å². The zero-order valence-electron chi connectivity index (χ0n) is 9.77. The molecular formula is C14H15NO2. The maximum atomic E-state index is 11.5. The molecule has 0 bridgehead atoms. The Kier molecular flexibility index (Phi) is 3.60. The fourth-order valence-electron chi connectivity index (χ4n) is 1.70. The van der Waals surface area contributed by atoms with Gasteiger partial charge in [0.1, 0.15) is 5.69 Å². The van der Waals surface area contributed by atoms with Gasteiger partial charge in [-0.2, -0.15) is 0 Å². The van der Waals surface area contributed by atoms with Crippen LogP contribution in [0.3, 0.4) is 0 Å². The quantitative estimate of drug-likeness (QED) is 0.819. The normalized spacial score (nSPS) is 10.2. The third-order valence-corrected chi connectivity index (χ3v) is 2.49. The van der Waals surface area contributed by atoms with Crippen LogP contribution in [0.4, 0.5) is 0 Å². The standard InChI is InChI=1S/C14H15NO2/c1-2-17-14(16)13-9-12(10-15-13)8-11-6-4-3-5-7-11/h3-7,9-10,15H,2,8H2,1H3. The van der Waals surface area contributed by atoms with Gasteiger partial charge in [0, 0.05) is 6.20 Å².